The van der Waals surface area contributed by atoms with Crippen LogP contribution in [0.15, 0.2) is 98.2 Å². The van der Waals surface area contributed by atoms with Gasteiger partial charge in [-0.25, -0.2) is 5.01 Å². The number of halogens is 4. The zero-order chi connectivity index (χ0) is 29.1. The largest absolute Gasteiger partial charge is 0.416 e. The molecule has 3 aromatic rings. The number of aliphatic imine (C=N–C) groups is 1. The molecule has 0 aliphatic carbocycles. The van der Waals surface area contributed by atoms with E-state index in [-0.39, 0.29) is 12.5 Å². The molecule has 0 bridgehead atoms. The Morgan fingerprint density at radius 3 is 2.25 bits per heavy atom. The lowest BCUT2D eigenvalue weighted by atomic mass is 9.91. The van der Waals surface area contributed by atoms with E-state index >= 15 is 0 Å². The van der Waals surface area contributed by atoms with Crippen LogP contribution >= 0.6 is 11.6 Å². The van der Waals surface area contributed by atoms with Crippen molar-refractivity contribution >= 4 is 45.2 Å². The Balaban J connectivity index is 1.81. The molecule has 1 unspecified atom stereocenters. The van der Waals surface area contributed by atoms with E-state index in [0.717, 1.165) is 17.7 Å². The molecule has 1 aliphatic heterocycles. The molecule has 40 heavy (non-hydrogen) atoms. The summed E-state index contributed by atoms with van der Waals surface area (Å²) in [5.74, 6) is -1.89. The Kier molecular flexibility index (Phi) is 8.26. The Morgan fingerprint density at radius 1 is 1.05 bits per heavy atom. The van der Waals surface area contributed by atoms with E-state index in [0.29, 0.717) is 28.4 Å². The summed E-state index contributed by atoms with van der Waals surface area (Å²) in [7, 11) is -4.59. The first-order valence-electron chi connectivity index (χ1n) is 11.6. The Bertz CT molecular complexity index is 1590. The minimum Gasteiger partial charge on any atom is -0.369 e. The fraction of sp³-hybridized carbons (Fsp3) is 0.154. The maximum absolute atomic E-state index is 13.1. The zero-order valence-electron chi connectivity index (χ0n) is 20.8. The van der Waals surface area contributed by atoms with Crippen LogP contribution in [0.5, 0.6) is 0 Å². The number of hydrazone groups is 1. The maximum Gasteiger partial charge on any atom is 0.416 e. The van der Waals surface area contributed by atoms with Crippen LogP contribution in [0, 0.1) is 0 Å². The van der Waals surface area contributed by atoms with E-state index in [1.807, 2.05) is 30.3 Å². The van der Waals surface area contributed by atoms with Crippen LogP contribution in [-0.4, -0.2) is 43.5 Å². The average Bonchev–Trinajstić information content (AvgIpc) is 3.34. The van der Waals surface area contributed by atoms with Crippen molar-refractivity contribution in [3.63, 3.8) is 0 Å². The van der Waals surface area contributed by atoms with Crippen molar-refractivity contribution in [2.45, 2.75) is 23.9 Å². The quantitative estimate of drug-likeness (QED) is 0.345. The van der Waals surface area contributed by atoms with Crippen molar-refractivity contribution in [2.24, 2.45) is 20.2 Å². The molecule has 0 fully saturated rings. The third kappa shape index (κ3) is 6.85. The molecule has 1 atom stereocenters. The van der Waals surface area contributed by atoms with Crippen LogP contribution in [0.25, 0.3) is 0 Å². The van der Waals surface area contributed by atoms with Gasteiger partial charge >= 0.3 is 6.18 Å². The number of benzene rings is 3. The predicted octanol–water partition coefficient (Wildman–Crippen LogP) is 4.36. The third-order valence-corrected chi connectivity index (χ3v) is 7.22. The van der Waals surface area contributed by atoms with Crippen molar-refractivity contribution in [3.8, 4) is 0 Å². The number of hydrogen-bond donors (Lipinski definition) is 2. The summed E-state index contributed by atoms with van der Waals surface area (Å²) in [6, 6.07) is 19.0. The molecule has 9 nitrogen and oxygen atoms in total. The smallest absolute Gasteiger partial charge is 0.369 e. The Hall–Kier alpha value is -4.23. The van der Waals surface area contributed by atoms with Crippen molar-refractivity contribution < 1.29 is 26.4 Å². The molecule has 0 radical (unpaired) electrons. The van der Waals surface area contributed by atoms with E-state index in [1.165, 1.54) is 11.9 Å². The number of hydrogen-bond acceptors (Lipinski definition) is 4. The van der Waals surface area contributed by atoms with Crippen LogP contribution in [-0.2, 0) is 21.0 Å². The van der Waals surface area contributed by atoms with Gasteiger partial charge in [-0.05, 0) is 47.5 Å². The van der Waals surface area contributed by atoms with Gasteiger partial charge in [0.2, 0.25) is 11.9 Å². The number of carbonyl (C=O) groups excluding carboxylic acids is 1. The highest BCUT2D eigenvalue weighted by molar-refractivity contribution is 7.90. The minimum absolute atomic E-state index is 0.0835. The maximum atomic E-state index is 13.1. The molecule has 0 aromatic heterocycles. The van der Waals surface area contributed by atoms with Gasteiger partial charge in [-0.15, -0.1) is 4.40 Å². The van der Waals surface area contributed by atoms with Gasteiger partial charge in [0.1, 0.15) is 0 Å². The van der Waals surface area contributed by atoms with E-state index in [4.69, 9.17) is 17.3 Å². The summed E-state index contributed by atoms with van der Waals surface area (Å²) < 4.78 is 69.0. The van der Waals surface area contributed by atoms with Crippen LogP contribution in [0.2, 0.25) is 5.02 Å². The molecule has 0 saturated heterocycles. The second kappa shape index (κ2) is 11.5. The molecular weight excluding hydrogens is 569 g/mol. The number of guanidine groups is 2. The van der Waals surface area contributed by atoms with Gasteiger partial charge in [-0.2, -0.15) is 31.7 Å². The number of alkyl halides is 3. The van der Waals surface area contributed by atoms with E-state index < -0.39 is 44.5 Å². The lowest BCUT2D eigenvalue weighted by molar-refractivity contribution is -0.137. The highest BCUT2D eigenvalue weighted by atomic mass is 35.5. The SMILES string of the molecule is CC(=O)NC(N)=NC(=NS(=O)(=O)c1ccc(C(F)(F)F)cc1)N1CC(c2ccccc2)C(c2ccc(Cl)cc2)=N1. The summed E-state index contributed by atoms with van der Waals surface area (Å²) in [4.78, 5) is 15.0. The predicted molar refractivity (Wildman–Crippen MR) is 145 cm³/mol. The molecule has 0 spiro atoms. The Labute approximate surface area is 232 Å². The van der Waals surface area contributed by atoms with Gasteiger partial charge in [0, 0.05) is 17.9 Å². The standard InChI is InChI=1S/C26H22ClF3N6O3S/c1-16(37)32-24(31)33-25(35-40(38,39)21-13-9-19(10-14-21)26(28,29)30)36-15-22(17-5-3-2-4-6-17)23(34-36)18-7-11-20(27)12-8-18/h2-14,22H,15H2,1H3,(H3,31,32,33,35,37). The number of nitrogens with one attached hydrogen (secondary N) is 1. The molecule has 14 heteroatoms. The lowest BCUT2D eigenvalue weighted by Gasteiger charge is -2.16. The van der Waals surface area contributed by atoms with Gasteiger partial charge in [0.05, 0.1) is 22.7 Å². The van der Waals surface area contributed by atoms with Crippen LogP contribution in [0.3, 0.4) is 0 Å². The molecule has 4 rings (SSSR count). The zero-order valence-corrected chi connectivity index (χ0v) is 22.4. The van der Waals surface area contributed by atoms with Gasteiger partial charge in [-0.1, -0.05) is 54.1 Å². The number of carbonyl (C=O) groups is 1. The molecule has 208 valence electrons. The van der Waals surface area contributed by atoms with Crippen molar-refractivity contribution in [1.82, 2.24) is 10.3 Å². The normalized spacial score (nSPS) is 16.6. The number of nitrogens with two attached hydrogens (primary N) is 1. The lowest BCUT2D eigenvalue weighted by Crippen LogP contribution is -2.37. The van der Waals surface area contributed by atoms with E-state index in [1.54, 1.807) is 24.3 Å². The van der Waals surface area contributed by atoms with Gasteiger partial charge < -0.3 is 5.73 Å². The fourth-order valence-electron chi connectivity index (χ4n) is 3.87. The molecule has 3 N–H and O–H groups in total. The Morgan fingerprint density at radius 2 is 1.68 bits per heavy atom. The first-order chi connectivity index (χ1) is 18.8. The van der Waals surface area contributed by atoms with Crippen LogP contribution < -0.4 is 11.1 Å². The summed E-state index contributed by atoms with van der Waals surface area (Å²) in [5, 5.41) is 8.54. The number of rotatable bonds is 4. The highest BCUT2D eigenvalue weighted by Crippen LogP contribution is 2.32. The number of nitrogens with zero attached hydrogens (tertiary/aromatic N) is 4. The molecular formula is C26H22ClF3N6O3S. The molecule has 1 amide bonds. The first-order valence-corrected chi connectivity index (χ1v) is 13.5. The monoisotopic (exact) mass is 590 g/mol. The van der Waals surface area contributed by atoms with Crippen molar-refractivity contribution in [2.75, 3.05) is 6.54 Å². The van der Waals surface area contributed by atoms with Crippen LogP contribution in [0.4, 0.5) is 13.2 Å². The summed E-state index contributed by atoms with van der Waals surface area (Å²) in [6.45, 7) is 1.26. The van der Waals surface area contributed by atoms with E-state index in [2.05, 4.69) is 19.8 Å². The number of amides is 1. The summed E-state index contributed by atoms with van der Waals surface area (Å²) >= 11 is 6.05. The highest BCUT2D eigenvalue weighted by Gasteiger charge is 2.33. The number of sulfonamides is 1. The van der Waals surface area contributed by atoms with Crippen LogP contribution in [0.1, 0.15) is 29.5 Å². The average molecular weight is 591 g/mol. The summed E-state index contributed by atoms with van der Waals surface area (Å²) in [6.07, 6.45) is -4.65. The van der Waals surface area contributed by atoms with E-state index in [9.17, 15) is 26.4 Å². The van der Waals surface area contributed by atoms with Crippen molar-refractivity contribution in [1.29, 1.82) is 0 Å². The third-order valence-electron chi connectivity index (χ3n) is 5.69. The molecule has 1 heterocycles. The minimum atomic E-state index is -4.65. The topological polar surface area (TPSA) is 130 Å². The molecule has 3 aromatic carbocycles. The molecule has 1 aliphatic rings. The molecule has 0 saturated carbocycles. The van der Waals surface area contributed by atoms with Gasteiger partial charge in [-0.3, -0.25) is 10.1 Å². The second-order valence-electron chi connectivity index (χ2n) is 8.60. The second-order valence-corrected chi connectivity index (χ2v) is 10.6. The van der Waals surface area contributed by atoms with Crippen molar-refractivity contribution in [3.05, 3.63) is 101 Å². The van der Waals surface area contributed by atoms with Gasteiger partial charge in [0.25, 0.3) is 16.0 Å². The first kappa shape index (κ1) is 28.8. The fourth-order valence-corrected chi connectivity index (χ4v) is 4.93. The van der Waals surface area contributed by atoms with Gasteiger partial charge in [0.15, 0.2) is 0 Å². The summed E-state index contributed by atoms with van der Waals surface area (Å²) in [5.41, 5.74) is 6.90.